The van der Waals surface area contributed by atoms with Crippen molar-refractivity contribution >= 4 is 17.2 Å². The minimum Gasteiger partial charge on any atom is -0.377 e. The quantitative estimate of drug-likeness (QED) is 0.727. The van der Waals surface area contributed by atoms with E-state index in [1.165, 1.54) is 11.3 Å². The first-order valence-corrected chi connectivity index (χ1v) is 5.83. The highest BCUT2D eigenvalue weighted by Gasteiger charge is 2.35. The molecular weight excluding hydrogens is 212 g/mol. The van der Waals surface area contributed by atoms with Crippen molar-refractivity contribution in [3.05, 3.63) is 16.6 Å². The summed E-state index contributed by atoms with van der Waals surface area (Å²) in [5.41, 5.74) is 1.98. The summed E-state index contributed by atoms with van der Waals surface area (Å²) in [6, 6.07) is 0. The number of rotatable bonds is 1. The van der Waals surface area contributed by atoms with Crippen molar-refractivity contribution in [2.45, 2.75) is 19.4 Å². The van der Waals surface area contributed by atoms with Crippen LogP contribution in [0.25, 0.3) is 0 Å². The molecule has 0 radical (unpaired) electrons. The molecule has 0 spiro atoms. The number of ether oxygens (including phenoxy) is 1. The van der Waals surface area contributed by atoms with E-state index in [0.717, 1.165) is 0 Å². The van der Waals surface area contributed by atoms with E-state index < -0.39 is 0 Å². The molecule has 4 nitrogen and oxygen atoms in total. The summed E-state index contributed by atoms with van der Waals surface area (Å²) in [4.78, 5) is 18.0. The van der Waals surface area contributed by atoms with Gasteiger partial charge in [0, 0.05) is 11.9 Å². The second-order valence-electron chi connectivity index (χ2n) is 4.20. The van der Waals surface area contributed by atoms with E-state index in [0.29, 0.717) is 25.5 Å². The highest BCUT2D eigenvalue weighted by Crippen LogP contribution is 2.21. The zero-order valence-corrected chi connectivity index (χ0v) is 9.71. The predicted octanol–water partition coefficient (Wildman–Crippen LogP) is 1.39. The Hall–Kier alpha value is -0.940. The molecule has 82 valence electrons. The van der Waals surface area contributed by atoms with E-state index >= 15 is 0 Å². The maximum absolute atomic E-state index is 12.1. The van der Waals surface area contributed by atoms with E-state index in [4.69, 9.17) is 4.74 Å². The van der Waals surface area contributed by atoms with Crippen molar-refractivity contribution in [1.29, 1.82) is 0 Å². The average molecular weight is 226 g/mol. The van der Waals surface area contributed by atoms with E-state index in [2.05, 4.69) is 4.98 Å². The molecule has 1 saturated heterocycles. The predicted molar refractivity (Wildman–Crippen MR) is 58.0 cm³/mol. The average Bonchev–Trinajstić information content (AvgIpc) is 2.69. The molecular formula is C10H14N2O2S. The summed E-state index contributed by atoms with van der Waals surface area (Å²) < 4.78 is 5.37. The van der Waals surface area contributed by atoms with E-state index in [9.17, 15) is 4.79 Å². The number of amides is 1. The van der Waals surface area contributed by atoms with Crippen LogP contribution in [0, 0.1) is 0 Å². The third kappa shape index (κ3) is 2.03. The Morgan fingerprint density at radius 3 is 3.07 bits per heavy atom. The van der Waals surface area contributed by atoms with Crippen molar-refractivity contribution in [3.63, 3.8) is 0 Å². The van der Waals surface area contributed by atoms with E-state index in [1.54, 1.807) is 10.9 Å². The first-order chi connectivity index (χ1) is 7.11. The molecule has 1 aliphatic rings. The molecule has 2 heterocycles. The van der Waals surface area contributed by atoms with Gasteiger partial charge in [-0.25, -0.2) is 4.98 Å². The number of carbonyl (C=O) groups is 1. The number of hydrogen-bond acceptors (Lipinski definition) is 4. The number of hydrogen-bond donors (Lipinski definition) is 0. The van der Waals surface area contributed by atoms with Crippen LogP contribution < -0.4 is 0 Å². The molecule has 15 heavy (non-hydrogen) atoms. The van der Waals surface area contributed by atoms with Gasteiger partial charge >= 0.3 is 0 Å². The first kappa shape index (κ1) is 10.6. The van der Waals surface area contributed by atoms with Gasteiger partial charge in [0.2, 0.25) is 0 Å². The molecule has 0 bridgehead atoms. The molecule has 1 aromatic rings. The Kier molecular flexibility index (Phi) is 2.75. The highest BCUT2D eigenvalue weighted by atomic mass is 32.1. The summed E-state index contributed by atoms with van der Waals surface area (Å²) in [6.45, 7) is 5.86. The number of carbonyl (C=O) groups excluding carboxylic acids is 1. The van der Waals surface area contributed by atoms with Gasteiger partial charge in [-0.1, -0.05) is 0 Å². The van der Waals surface area contributed by atoms with Crippen LogP contribution in [0.5, 0.6) is 0 Å². The van der Waals surface area contributed by atoms with Gasteiger partial charge in [-0.3, -0.25) is 4.79 Å². The third-order valence-corrected chi connectivity index (χ3v) is 3.13. The fourth-order valence-electron chi connectivity index (χ4n) is 1.69. The number of aromatic nitrogens is 1. The largest absolute Gasteiger partial charge is 0.377 e. The molecule has 5 heteroatoms. The summed E-state index contributed by atoms with van der Waals surface area (Å²) in [5, 5.41) is 1.79. The minimum absolute atomic E-state index is 0.00421. The van der Waals surface area contributed by atoms with Crippen molar-refractivity contribution in [3.8, 4) is 0 Å². The second-order valence-corrected chi connectivity index (χ2v) is 4.91. The molecule has 0 aromatic carbocycles. The number of morpholine rings is 1. The van der Waals surface area contributed by atoms with Gasteiger partial charge in [-0.2, -0.15) is 0 Å². The van der Waals surface area contributed by atoms with Crippen molar-refractivity contribution in [2.24, 2.45) is 0 Å². The Bertz CT molecular complexity index is 348. The molecule has 2 rings (SSSR count). The maximum Gasteiger partial charge on any atom is 0.273 e. The first-order valence-electron chi connectivity index (χ1n) is 4.89. The lowest BCUT2D eigenvalue weighted by Gasteiger charge is -2.41. The third-order valence-electron chi connectivity index (χ3n) is 2.54. The SMILES string of the molecule is CC1(C)COCCN1C(=O)c1cscn1. The van der Waals surface area contributed by atoms with Gasteiger partial charge in [0.25, 0.3) is 5.91 Å². The lowest BCUT2D eigenvalue weighted by Crippen LogP contribution is -2.55. The van der Waals surface area contributed by atoms with Crippen molar-refractivity contribution < 1.29 is 9.53 Å². The van der Waals surface area contributed by atoms with Gasteiger partial charge < -0.3 is 9.64 Å². The van der Waals surface area contributed by atoms with Gasteiger partial charge in [0.15, 0.2) is 0 Å². The van der Waals surface area contributed by atoms with E-state index in [1.807, 2.05) is 18.7 Å². The summed E-state index contributed by atoms with van der Waals surface area (Å²) in [6.07, 6.45) is 0. The standard InChI is InChI=1S/C10H14N2O2S/c1-10(2)6-14-4-3-12(10)9(13)8-5-15-7-11-8/h5,7H,3-4,6H2,1-2H3. The van der Waals surface area contributed by atoms with Crippen molar-refractivity contribution in [2.75, 3.05) is 19.8 Å². The lowest BCUT2D eigenvalue weighted by atomic mass is 10.0. The fourth-order valence-corrected chi connectivity index (χ4v) is 2.22. The van der Waals surface area contributed by atoms with Crippen LogP contribution in [0.3, 0.4) is 0 Å². The molecule has 0 saturated carbocycles. The van der Waals surface area contributed by atoms with Gasteiger partial charge in [0.05, 0.1) is 24.3 Å². The Balaban J connectivity index is 2.19. The van der Waals surface area contributed by atoms with Crippen LogP contribution in [0.1, 0.15) is 24.3 Å². The molecule has 1 amide bonds. The van der Waals surface area contributed by atoms with Gasteiger partial charge in [0.1, 0.15) is 5.69 Å². The number of thiazole rings is 1. The van der Waals surface area contributed by atoms with Crippen LogP contribution in [-0.2, 0) is 4.74 Å². The Morgan fingerprint density at radius 2 is 2.47 bits per heavy atom. The van der Waals surface area contributed by atoms with Gasteiger partial charge in [-0.05, 0) is 13.8 Å². The maximum atomic E-state index is 12.1. The monoisotopic (exact) mass is 226 g/mol. The normalized spacial score (nSPS) is 20.3. The summed E-state index contributed by atoms with van der Waals surface area (Å²) in [7, 11) is 0. The zero-order valence-electron chi connectivity index (χ0n) is 8.90. The van der Waals surface area contributed by atoms with Gasteiger partial charge in [-0.15, -0.1) is 11.3 Å². The summed E-state index contributed by atoms with van der Waals surface area (Å²) >= 11 is 1.44. The molecule has 1 aromatic heterocycles. The van der Waals surface area contributed by atoms with Crippen LogP contribution in [0.15, 0.2) is 10.9 Å². The Labute approximate surface area is 92.9 Å². The molecule has 0 N–H and O–H groups in total. The topological polar surface area (TPSA) is 42.4 Å². The Morgan fingerprint density at radius 1 is 1.67 bits per heavy atom. The second kappa shape index (κ2) is 3.90. The highest BCUT2D eigenvalue weighted by molar-refractivity contribution is 7.07. The van der Waals surface area contributed by atoms with Crippen LogP contribution in [0.4, 0.5) is 0 Å². The molecule has 1 fully saturated rings. The minimum atomic E-state index is -0.237. The smallest absolute Gasteiger partial charge is 0.273 e. The van der Waals surface area contributed by atoms with Crippen LogP contribution in [0.2, 0.25) is 0 Å². The molecule has 1 aliphatic heterocycles. The summed E-state index contributed by atoms with van der Waals surface area (Å²) in [5.74, 6) is 0.00421. The van der Waals surface area contributed by atoms with Crippen molar-refractivity contribution in [1.82, 2.24) is 9.88 Å². The van der Waals surface area contributed by atoms with Crippen LogP contribution in [-0.4, -0.2) is 41.1 Å². The molecule has 0 aliphatic carbocycles. The number of nitrogens with zero attached hydrogens (tertiary/aromatic N) is 2. The fraction of sp³-hybridized carbons (Fsp3) is 0.600. The van der Waals surface area contributed by atoms with Crippen LogP contribution >= 0.6 is 11.3 Å². The zero-order chi connectivity index (χ0) is 10.9. The van der Waals surface area contributed by atoms with E-state index in [-0.39, 0.29) is 11.4 Å². The lowest BCUT2D eigenvalue weighted by molar-refractivity contribution is -0.0372. The molecule has 0 unspecified atom stereocenters. The molecule has 0 atom stereocenters.